The Bertz CT molecular complexity index is 688. The highest BCUT2D eigenvalue weighted by Gasteiger charge is 2.17. The van der Waals surface area contributed by atoms with E-state index in [-0.39, 0.29) is 6.04 Å². The molecule has 3 heterocycles. The van der Waals surface area contributed by atoms with Crippen LogP contribution in [0.15, 0.2) is 29.3 Å². The van der Waals surface area contributed by atoms with Crippen molar-refractivity contribution in [1.29, 1.82) is 0 Å². The van der Waals surface area contributed by atoms with Crippen molar-refractivity contribution in [2.24, 2.45) is 5.73 Å². The van der Waals surface area contributed by atoms with Crippen LogP contribution in [0.4, 0.5) is 0 Å². The van der Waals surface area contributed by atoms with E-state index in [4.69, 9.17) is 10.3 Å². The Balaban J connectivity index is 1.98. The fourth-order valence-electron chi connectivity index (χ4n) is 1.93. The van der Waals surface area contributed by atoms with Crippen LogP contribution in [0.25, 0.3) is 17.0 Å². The Morgan fingerprint density at radius 1 is 1.42 bits per heavy atom. The first-order valence-electron chi connectivity index (χ1n) is 6.16. The zero-order valence-corrected chi connectivity index (χ0v) is 10.5. The predicted octanol–water partition coefficient (Wildman–Crippen LogP) is 1.58. The van der Waals surface area contributed by atoms with Crippen LogP contribution in [0.1, 0.15) is 31.6 Å². The number of nitrogens with two attached hydrogens (primary N) is 1. The third kappa shape index (κ3) is 2.08. The second-order valence-corrected chi connectivity index (χ2v) is 4.32. The molecule has 0 radical (unpaired) electrons. The van der Waals surface area contributed by atoms with Crippen molar-refractivity contribution in [3.8, 4) is 11.5 Å². The first-order chi connectivity index (χ1) is 9.29. The minimum atomic E-state index is -0.192. The Labute approximate surface area is 109 Å². The fraction of sp³-hybridized carbons (Fsp3) is 0.333. The van der Waals surface area contributed by atoms with Crippen LogP contribution in [-0.4, -0.2) is 24.7 Å². The zero-order chi connectivity index (χ0) is 13.2. The SMILES string of the molecule is CCCC(N)c1noc(-c2cnn3ccncc23)n1. The average Bonchev–Trinajstić information content (AvgIpc) is 3.05. The van der Waals surface area contributed by atoms with Gasteiger partial charge in [0.05, 0.1) is 29.5 Å². The molecule has 7 nitrogen and oxygen atoms in total. The van der Waals surface area contributed by atoms with E-state index in [0.29, 0.717) is 11.7 Å². The Morgan fingerprint density at radius 2 is 2.32 bits per heavy atom. The molecule has 1 atom stereocenters. The lowest BCUT2D eigenvalue weighted by molar-refractivity contribution is 0.413. The number of rotatable bonds is 4. The standard InChI is InChI=1S/C12H14N6O/c1-2-3-9(13)11-16-12(19-17-11)8-6-15-18-5-4-14-7-10(8)18/h4-7,9H,2-3,13H2,1H3. The van der Waals surface area contributed by atoms with Crippen molar-refractivity contribution in [3.05, 3.63) is 30.6 Å². The van der Waals surface area contributed by atoms with Crippen LogP contribution in [-0.2, 0) is 0 Å². The third-order valence-corrected chi connectivity index (χ3v) is 2.93. The van der Waals surface area contributed by atoms with E-state index in [1.165, 1.54) is 0 Å². The highest BCUT2D eigenvalue weighted by atomic mass is 16.5. The summed E-state index contributed by atoms with van der Waals surface area (Å²) in [6.45, 7) is 2.07. The molecular weight excluding hydrogens is 244 g/mol. The molecule has 3 rings (SSSR count). The molecule has 0 fully saturated rings. The van der Waals surface area contributed by atoms with Crippen LogP contribution in [0, 0.1) is 0 Å². The van der Waals surface area contributed by atoms with Gasteiger partial charge in [-0.3, -0.25) is 4.98 Å². The molecule has 2 N–H and O–H groups in total. The van der Waals surface area contributed by atoms with Crippen molar-refractivity contribution >= 4 is 5.52 Å². The molecule has 7 heteroatoms. The van der Waals surface area contributed by atoms with Crippen molar-refractivity contribution in [3.63, 3.8) is 0 Å². The summed E-state index contributed by atoms with van der Waals surface area (Å²) in [5, 5.41) is 8.13. The summed E-state index contributed by atoms with van der Waals surface area (Å²) >= 11 is 0. The highest BCUT2D eigenvalue weighted by molar-refractivity contribution is 5.73. The van der Waals surface area contributed by atoms with E-state index in [0.717, 1.165) is 23.9 Å². The molecule has 3 aromatic heterocycles. The van der Waals surface area contributed by atoms with Gasteiger partial charge in [0.25, 0.3) is 5.89 Å². The average molecular weight is 258 g/mol. The maximum absolute atomic E-state index is 5.97. The predicted molar refractivity (Wildman–Crippen MR) is 68.1 cm³/mol. The van der Waals surface area contributed by atoms with Gasteiger partial charge in [-0.2, -0.15) is 10.1 Å². The summed E-state index contributed by atoms with van der Waals surface area (Å²) in [7, 11) is 0. The Morgan fingerprint density at radius 3 is 3.16 bits per heavy atom. The molecule has 0 aliphatic heterocycles. The minimum Gasteiger partial charge on any atom is -0.334 e. The van der Waals surface area contributed by atoms with Crippen LogP contribution >= 0.6 is 0 Å². The van der Waals surface area contributed by atoms with Crippen LogP contribution in [0.2, 0.25) is 0 Å². The highest BCUT2D eigenvalue weighted by Crippen LogP contribution is 2.23. The maximum Gasteiger partial charge on any atom is 0.261 e. The minimum absolute atomic E-state index is 0.192. The van der Waals surface area contributed by atoms with Crippen LogP contribution in [0.3, 0.4) is 0 Å². The van der Waals surface area contributed by atoms with Gasteiger partial charge in [0.2, 0.25) is 0 Å². The first-order valence-corrected chi connectivity index (χ1v) is 6.16. The van der Waals surface area contributed by atoms with Gasteiger partial charge in [0.1, 0.15) is 0 Å². The van der Waals surface area contributed by atoms with E-state index in [9.17, 15) is 0 Å². The molecule has 0 aliphatic carbocycles. The van der Waals surface area contributed by atoms with E-state index >= 15 is 0 Å². The number of hydrogen-bond donors (Lipinski definition) is 1. The topological polar surface area (TPSA) is 95.1 Å². The molecule has 0 saturated carbocycles. The molecule has 19 heavy (non-hydrogen) atoms. The zero-order valence-electron chi connectivity index (χ0n) is 10.5. The third-order valence-electron chi connectivity index (χ3n) is 2.93. The van der Waals surface area contributed by atoms with Gasteiger partial charge in [0, 0.05) is 12.4 Å². The van der Waals surface area contributed by atoms with Crippen molar-refractivity contribution in [2.45, 2.75) is 25.8 Å². The molecule has 0 spiro atoms. The second-order valence-electron chi connectivity index (χ2n) is 4.32. The van der Waals surface area contributed by atoms with Gasteiger partial charge >= 0.3 is 0 Å². The Kier molecular flexibility index (Phi) is 2.96. The van der Waals surface area contributed by atoms with E-state index in [1.807, 2.05) is 0 Å². The van der Waals surface area contributed by atoms with Gasteiger partial charge in [0.15, 0.2) is 5.82 Å². The Hall–Kier alpha value is -2.28. The van der Waals surface area contributed by atoms with Crippen molar-refractivity contribution < 1.29 is 4.52 Å². The van der Waals surface area contributed by atoms with Crippen LogP contribution < -0.4 is 5.73 Å². The maximum atomic E-state index is 5.97. The van der Waals surface area contributed by atoms with Gasteiger partial charge < -0.3 is 10.3 Å². The largest absolute Gasteiger partial charge is 0.334 e. The van der Waals surface area contributed by atoms with Gasteiger partial charge in [-0.05, 0) is 6.42 Å². The summed E-state index contributed by atoms with van der Waals surface area (Å²) < 4.78 is 6.97. The smallest absolute Gasteiger partial charge is 0.261 e. The lowest BCUT2D eigenvalue weighted by Gasteiger charge is -2.02. The second kappa shape index (κ2) is 4.77. The molecule has 98 valence electrons. The van der Waals surface area contributed by atoms with E-state index < -0.39 is 0 Å². The summed E-state index contributed by atoms with van der Waals surface area (Å²) in [4.78, 5) is 8.40. The number of hydrogen-bond acceptors (Lipinski definition) is 6. The summed E-state index contributed by atoms with van der Waals surface area (Å²) in [5.74, 6) is 0.949. The molecular formula is C12H14N6O. The molecule has 0 bridgehead atoms. The summed E-state index contributed by atoms with van der Waals surface area (Å²) in [6, 6.07) is -0.192. The lowest BCUT2D eigenvalue weighted by atomic mass is 10.2. The number of nitrogens with zero attached hydrogens (tertiary/aromatic N) is 5. The molecule has 0 aliphatic rings. The van der Waals surface area contributed by atoms with Crippen molar-refractivity contribution in [1.82, 2.24) is 24.7 Å². The molecule has 1 unspecified atom stereocenters. The summed E-state index contributed by atoms with van der Waals surface area (Å²) in [6.07, 6.45) is 8.62. The fourth-order valence-corrected chi connectivity index (χ4v) is 1.93. The van der Waals surface area contributed by atoms with Crippen molar-refractivity contribution in [2.75, 3.05) is 0 Å². The number of fused-ring (bicyclic) bond motifs is 1. The molecule has 0 saturated heterocycles. The van der Waals surface area contributed by atoms with Gasteiger partial charge in [-0.1, -0.05) is 18.5 Å². The quantitative estimate of drug-likeness (QED) is 0.763. The van der Waals surface area contributed by atoms with Gasteiger partial charge in [-0.15, -0.1) is 0 Å². The lowest BCUT2D eigenvalue weighted by Crippen LogP contribution is -2.11. The normalized spacial score (nSPS) is 12.9. The van der Waals surface area contributed by atoms with Gasteiger partial charge in [-0.25, -0.2) is 4.52 Å². The van der Waals surface area contributed by atoms with E-state index in [1.54, 1.807) is 29.3 Å². The first kappa shape index (κ1) is 11.8. The van der Waals surface area contributed by atoms with E-state index in [2.05, 4.69) is 27.1 Å². The number of aromatic nitrogens is 5. The summed E-state index contributed by atoms with van der Waals surface area (Å²) in [5.41, 5.74) is 7.55. The molecule has 0 aromatic carbocycles. The monoisotopic (exact) mass is 258 g/mol. The molecule has 0 amide bonds. The molecule has 3 aromatic rings. The van der Waals surface area contributed by atoms with Crippen LogP contribution in [0.5, 0.6) is 0 Å².